The summed E-state index contributed by atoms with van der Waals surface area (Å²) in [6.07, 6.45) is -1.22. The Bertz CT molecular complexity index is 2830. The molecular weight excluding hydrogens is 770 g/mol. The quantitative estimate of drug-likeness (QED) is 0.135. The number of aromatic amines is 2. The van der Waals surface area contributed by atoms with Gasteiger partial charge in [0.1, 0.15) is 0 Å². The molecule has 287 valence electrons. The molecule has 0 fully saturated rings. The van der Waals surface area contributed by atoms with Crippen LogP contribution in [0.15, 0.2) is 91.0 Å². The summed E-state index contributed by atoms with van der Waals surface area (Å²) in [6, 6.07) is 30.0. The molecule has 0 radical (unpaired) electrons. The second-order valence-electron chi connectivity index (χ2n) is 16.2. The molecule has 0 atom stereocenters. The third-order valence-corrected chi connectivity index (χ3v) is 25.0. The Kier molecular flexibility index (Phi) is 9.14. The number of hydrogen-bond acceptors (Lipinski definition) is 10. The summed E-state index contributed by atoms with van der Waals surface area (Å²) in [5.41, 5.74) is 5.74. The molecule has 0 saturated carbocycles. The van der Waals surface area contributed by atoms with Gasteiger partial charge >= 0.3 is 328 Å². The third-order valence-electron chi connectivity index (χ3n) is 10.8. The summed E-state index contributed by atoms with van der Waals surface area (Å²) in [5.74, 6) is 2.06. The maximum absolute atomic E-state index is 7.13. The maximum atomic E-state index is 7.13. The van der Waals surface area contributed by atoms with Gasteiger partial charge in [0.05, 0.1) is 0 Å². The van der Waals surface area contributed by atoms with Crippen LogP contribution < -0.4 is 4.16 Å². The first kappa shape index (κ1) is 37.3. The Morgan fingerprint density at radius 3 is 1.12 bits per heavy atom. The Morgan fingerprint density at radius 1 is 0.386 bits per heavy atom. The molecule has 3 aromatic heterocycles. The molecule has 8 bridgehead atoms. The van der Waals surface area contributed by atoms with Gasteiger partial charge in [-0.25, -0.2) is 0 Å². The molecule has 12 nitrogen and oxygen atoms in total. The molecule has 0 amide bonds. The fraction of sp³-hybridized carbons (Fsp3) is 0.273. The monoisotopic (exact) mass is 813 g/mol. The SMILES string of the molecule is CC(C)[O][Zn]([O]C(C)C)([O]C(C)C)([O]C(C)C)[c]1cccc2c3nc4nc(nc5[nH]c(nc6nc(nc([nH]3)c12)-c1ccccc1-6)c1ccccc51)-c1ccccc1-4. The van der Waals surface area contributed by atoms with Crippen molar-refractivity contribution in [1.82, 2.24) is 39.9 Å². The number of nitrogens with zero attached hydrogens (tertiary/aromatic N) is 6. The molecule has 9 rings (SSSR count). The Hall–Kier alpha value is -5.30. The van der Waals surface area contributed by atoms with Gasteiger partial charge in [0.2, 0.25) is 0 Å². The molecule has 2 aliphatic heterocycles. The first-order chi connectivity index (χ1) is 27.4. The number of aromatic nitrogens is 8. The number of hydrogen-bond donors (Lipinski definition) is 2. The van der Waals surface area contributed by atoms with Crippen molar-refractivity contribution >= 4 is 48.3 Å². The summed E-state index contributed by atoms with van der Waals surface area (Å²) in [5, 5.41) is 3.31. The molecule has 0 aliphatic carbocycles. The van der Waals surface area contributed by atoms with Gasteiger partial charge in [-0.15, -0.1) is 0 Å². The van der Waals surface area contributed by atoms with Crippen LogP contribution in [0.1, 0.15) is 55.4 Å². The van der Waals surface area contributed by atoms with Gasteiger partial charge in [-0.05, 0) is 0 Å². The van der Waals surface area contributed by atoms with E-state index in [1.54, 1.807) is 0 Å². The molecule has 4 aromatic carbocycles. The van der Waals surface area contributed by atoms with Crippen LogP contribution in [0.5, 0.6) is 0 Å². The Balaban J connectivity index is 1.50. The molecular formula is C44H45N8O4Zn. The van der Waals surface area contributed by atoms with E-state index in [2.05, 4.69) is 9.97 Å². The van der Waals surface area contributed by atoms with Crippen molar-refractivity contribution in [3.8, 4) is 45.6 Å². The Labute approximate surface area is 332 Å². The van der Waals surface area contributed by atoms with Crippen molar-refractivity contribution in [2.24, 2.45) is 0 Å². The van der Waals surface area contributed by atoms with Crippen molar-refractivity contribution in [3.05, 3.63) is 91.0 Å². The number of H-pyrrole nitrogens is 2. The molecule has 0 saturated heterocycles. The van der Waals surface area contributed by atoms with E-state index in [1.807, 2.05) is 146 Å². The molecule has 7 aromatic rings. The second kappa shape index (κ2) is 14.0. The minimum absolute atomic E-state index is 0.306. The van der Waals surface area contributed by atoms with Gasteiger partial charge < -0.3 is 0 Å². The van der Waals surface area contributed by atoms with Crippen LogP contribution in [-0.2, 0) is 29.3 Å². The van der Waals surface area contributed by atoms with E-state index in [0.29, 0.717) is 55.4 Å². The minimum atomic E-state index is -6.17. The molecule has 2 N–H and O–H groups in total. The van der Waals surface area contributed by atoms with Crippen LogP contribution in [0, 0.1) is 0 Å². The molecule has 2 aliphatic rings. The fourth-order valence-electron chi connectivity index (χ4n) is 9.14. The standard InChI is InChI=1S/C32H17N8.4C3H7O.Zn/c1-2-10-18-17(9-1)25-33-26(18)38-28-21-13-5-6-14-22(21)30(35-28)40-32-24-16-8-7-15-23(24)31(36-32)39-29-20-12-4-3-11-19(20)27(34-29)37-25;4*1-3(2)4;/h1-15H,(H2,33,34,35,36,37,38,39,40);4*3H,1-2H3;/q;4*-1;+4. The van der Waals surface area contributed by atoms with Crippen molar-refractivity contribution < 1.29 is 29.3 Å². The van der Waals surface area contributed by atoms with Gasteiger partial charge in [0.15, 0.2) is 0 Å². The van der Waals surface area contributed by atoms with Crippen molar-refractivity contribution in [2.75, 3.05) is 0 Å². The molecule has 0 unspecified atom stereocenters. The van der Waals surface area contributed by atoms with E-state index >= 15 is 0 Å². The van der Waals surface area contributed by atoms with Crippen molar-refractivity contribution in [2.45, 2.75) is 79.8 Å². The second-order valence-corrected chi connectivity index (χ2v) is 26.0. The van der Waals surface area contributed by atoms with Crippen LogP contribution >= 0.6 is 0 Å². The summed E-state index contributed by atoms with van der Waals surface area (Å²) < 4.78 is 29.2. The fourth-order valence-corrected chi connectivity index (χ4v) is 24.3. The van der Waals surface area contributed by atoms with Gasteiger partial charge in [-0.3, -0.25) is 0 Å². The van der Waals surface area contributed by atoms with Crippen molar-refractivity contribution in [1.29, 1.82) is 0 Å². The number of nitrogens with one attached hydrogen (secondary N) is 2. The van der Waals surface area contributed by atoms with E-state index in [-0.39, 0.29) is 24.4 Å². The predicted octanol–water partition coefficient (Wildman–Crippen LogP) is 9.54. The third kappa shape index (κ3) is 6.34. The van der Waals surface area contributed by atoms with Crippen LogP contribution in [-0.4, -0.2) is 64.3 Å². The van der Waals surface area contributed by atoms with Gasteiger partial charge in [-0.2, -0.15) is 0 Å². The van der Waals surface area contributed by atoms with Gasteiger partial charge in [0, 0.05) is 0 Å². The van der Waals surface area contributed by atoms with Gasteiger partial charge in [-0.1, -0.05) is 6.07 Å². The summed E-state index contributed by atoms with van der Waals surface area (Å²) >= 11 is -6.17. The average molecular weight is 815 g/mol. The zero-order valence-corrected chi connectivity index (χ0v) is 36.5. The van der Waals surface area contributed by atoms with E-state index < -0.39 is 15.0 Å². The van der Waals surface area contributed by atoms with E-state index in [9.17, 15) is 0 Å². The molecule has 0 spiro atoms. The number of fused-ring (bicyclic) bond motifs is 20. The first-order valence-corrected chi connectivity index (χ1v) is 26.3. The van der Waals surface area contributed by atoms with Crippen LogP contribution in [0.2, 0.25) is 0 Å². The molecule has 13 heteroatoms. The number of rotatable bonds is 9. The topological polar surface area (TPSA) is 146 Å². The van der Waals surface area contributed by atoms with E-state index in [0.717, 1.165) is 38.4 Å². The zero-order chi connectivity index (χ0) is 39.7. The van der Waals surface area contributed by atoms with Crippen LogP contribution in [0.25, 0.3) is 89.7 Å². The van der Waals surface area contributed by atoms with Gasteiger partial charge in [0.25, 0.3) is 0 Å². The Morgan fingerprint density at radius 2 is 0.719 bits per heavy atom. The molecule has 5 heterocycles. The normalized spacial score (nSPS) is 13.1. The van der Waals surface area contributed by atoms with E-state index in [4.69, 9.17) is 44.2 Å². The van der Waals surface area contributed by atoms with Crippen molar-refractivity contribution in [3.63, 3.8) is 0 Å². The summed E-state index contributed by atoms with van der Waals surface area (Å²) in [4.78, 5) is 38.1. The van der Waals surface area contributed by atoms with Crippen LogP contribution in [0.3, 0.4) is 0 Å². The first-order valence-electron chi connectivity index (χ1n) is 20.0. The van der Waals surface area contributed by atoms with E-state index in [1.165, 1.54) is 0 Å². The number of benzene rings is 4. The van der Waals surface area contributed by atoms with Crippen LogP contribution in [0.4, 0.5) is 0 Å². The summed E-state index contributed by atoms with van der Waals surface area (Å²) in [6.45, 7) is 15.9. The molecule has 57 heavy (non-hydrogen) atoms. The average Bonchev–Trinajstić information content (AvgIpc) is 3.89. The predicted molar refractivity (Wildman–Crippen MR) is 221 cm³/mol. The summed E-state index contributed by atoms with van der Waals surface area (Å²) in [7, 11) is 0. The zero-order valence-electron chi connectivity index (χ0n) is 33.5.